The standard InChI is InChI=1S/C20H35N3O2/c21-20(25)23(17-8-2-1-3-9-17)18-12-14-22(15-13-18)19(24)11-10-16-6-4-5-7-16/h16-18H,1-15H2,(H2,21,25). The topological polar surface area (TPSA) is 66.6 Å². The molecule has 2 N–H and O–H groups in total. The molecule has 0 aromatic heterocycles. The number of nitrogens with two attached hydrogens (primary N) is 1. The third kappa shape index (κ3) is 4.89. The van der Waals surface area contributed by atoms with Gasteiger partial charge in [-0.1, -0.05) is 44.9 Å². The van der Waals surface area contributed by atoms with Crippen molar-refractivity contribution in [3.8, 4) is 0 Å². The number of amides is 3. The van der Waals surface area contributed by atoms with Crippen molar-refractivity contribution in [1.29, 1.82) is 0 Å². The molecule has 0 aromatic carbocycles. The van der Waals surface area contributed by atoms with Crippen LogP contribution in [0, 0.1) is 5.92 Å². The predicted octanol–water partition coefficient (Wildman–Crippen LogP) is 3.66. The van der Waals surface area contributed by atoms with Gasteiger partial charge in [0.15, 0.2) is 0 Å². The molecular weight excluding hydrogens is 314 g/mol. The molecule has 2 aliphatic carbocycles. The molecule has 0 bridgehead atoms. The molecule has 25 heavy (non-hydrogen) atoms. The third-order valence-electron chi connectivity index (χ3n) is 6.67. The molecule has 2 saturated carbocycles. The summed E-state index contributed by atoms with van der Waals surface area (Å²) in [6.45, 7) is 1.56. The summed E-state index contributed by atoms with van der Waals surface area (Å²) in [5.41, 5.74) is 5.72. The van der Waals surface area contributed by atoms with E-state index in [1.165, 1.54) is 44.9 Å². The Morgan fingerprint density at radius 3 is 2.00 bits per heavy atom. The Morgan fingerprint density at radius 1 is 0.840 bits per heavy atom. The number of rotatable bonds is 5. The number of nitrogens with zero attached hydrogens (tertiary/aromatic N) is 2. The van der Waals surface area contributed by atoms with Gasteiger partial charge >= 0.3 is 6.03 Å². The fourth-order valence-corrected chi connectivity index (χ4v) is 5.20. The van der Waals surface area contributed by atoms with Gasteiger partial charge in [0, 0.05) is 31.6 Å². The number of carbonyl (C=O) groups excluding carboxylic acids is 2. The number of hydrogen-bond donors (Lipinski definition) is 1. The van der Waals surface area contributed by atoms with E-state index in [4.69, 9.17) is 5.73 Å². The maximum absolute atomic E-state index is 12.5. The van der Waals surface area contributed by atoms with E-state index in [1.54, 1.807) is 0 Å². The summed E-state index contributed by atoms with van der Waals surface area (Å²) in [5, 5.41) is 0. The highest BCUT2D eigenvalue weighted by molar-refractivity contribution is 5.76. The predicted molar refractivity (Wildman–Crippen MR) is 99.1 cm³/mol. The highest BCUT2D eigenvalue weighted by Gasteiger charge is 2.33. The van der Waals surface area contributed by atoms with Crippen molar-refractivity contribution in [2.45, 2.75) is 95.6 Å². The van der Waals surface area contributed by atoms with E-state index >= 15 is 0 Å². The highest BCUT2D eigenvalue weighted by atomic mass is 16.2. The highest BCUT2D eigenvalue weighted by Crippen LogP contribution is 2.30. The number of primary amides is 1. The van der Waals surface area contributed by atoms with Gasteiger partial charge in [-0.15, -0.1) is 0 Å². The van der Waals surface area contributed by atoms with Crippen molar-refractivity contribution in [1.82, 2.24) is 9.80 Å². The van der Waals surface area contributed by atoms with E-state index in [1.807, 2.05) is 9.80 Å². The molecule has 3 rings (SSSR count). The molecule has 3 aliphatic rings. The largest absolute Gasteiger partial charge is 0.351 e. The summed E-state index contributed by atoms with van der Waals surface area (Å²) in [7, 11) is 0. The summed E-state index contributed by atoms with van der Waals surface area (Å²) in [6, 6.07) is 0.276. The van der Waals surface area contributed by atoms with Crippen molar-refractivity contribution < 1.29 is 9.59 Å². The van der Waals surface area contributed by atoms with Crippen LogP contribution in [0.15, 0.2) is 0 Å². The van der Waals surface area contributed by atoms with E-state index in [0.717, 1.165) is 51.1 Å². The van der Waals surface area contributed by atoms with Crippen molar-refractivity contribution in [3.05, 3.63) is 0 Å². The fraction of sp³-hybridized carbons (Fsp3) is 0.900. The van der Waals surface area contributed by atoms with Crippen molar-refractivity contribution >= 4 is 11.9 Å². The number of carbonyl (C=O) groups is 2. The molecule has 3 amide bonds. The summed E-state index contributed by atoms with van der Waals surface area (Å²) >= 11 is 0. The lowest BCUT2D eigenvalue weighted by atomic mass is 9.91. The van der Waals surface area contributed by atoms with Crippen LogP contribution in [0.25, 0.3) is 0 Å². The van der Waals surface area contributed by atoms with Gasteiger partial charge in [0.2, 0.25) is 5.91 Å². The molecule has 142 valence electrons. The fourth-order valence-electron chi connectivity index (χ4n) is 5.20. The normalized spacial score (nSPS) is 23.8. The number of urea groups is 1. The van der Waals surface area contributed by atoms with Gasteiger partial charge in [0.1, 0.15) is 0 Å². The Morgan fingerprint density at radius 2 is 1.40 bits per heavy atom. The minimum atomic E-state index is -0.266. The first kappa shape index (κ1) is 18.5. The number of piperidine rings is 1. The third-order valence-corrected chi connectivity index (χ3v) is 6.67. The van der Waals surface area contributed by atoms with Gasteiger partial charge in [0.25, 0.3) is 0 Å². The second-order valence-corrected chi connectivity index (χ2v) is 8.34. The molecule has 1 saturated heterocycles. The molecule has 5 heteroatoms. The van der Waals surface area contributed by atoms with Crippen LogP contribution in [0.3, 0.4) is 0 Å². The van der Waals surface area contributed by atoms with Gasteiger partial charge in [-0.05, 0) is 38.0 Å². The Hall–Kier alpha value is -1.26. The van der Waals surface area contributed by atoms with Gasteiger partial charge < -0.3 is 15.5 Å². The van der Waals surface area contributed by atoms with Gasteiger partial charge in [-0.25, -0.2) is 4.79 Å². The van der Waals surface area contributed by atoms with E-state index < -0.39 is 0 Å². The zero-order valence-electron chi connectivity index (χ0n) is 15.6. The first-order valence-electron chi connectivity index (χ1n) is 10.5. The molecule has 0 spiro atoms. The van der Waals surface area contributed by atoms with Gasteiger partial charge in [-0.3, -0.25) is 4.79 Å². The minimum Gasteiger partial charge on any atom is -0.351 e. The van der Waals surface area contributed by atoms with Crippen molar-refractivity contribution in [3.63, 3.8) is 0 Å². The summed E-state index contributed by atoms with van der Waals surface area (Å²) < 4.78 is 0. The molecule has 1 heterocycles. The Kier molecular flexibility index (Phi) is 6.60. The van der Waals surface area contributed by atoms with E-state index in [-0.39, 0.29) is 12.1 Å². The minimum absolute atomic E-state index is 0.222. The molecule has 0 radical (unpaired) electrons. The van der Waals surface area contributed by atoms with E-state index in [9.17, 15) is 9.59 Å². The summed E-state index contributed by atoms with van der Waals surface area (Å²) in [6.07, 6.45) is 14.7. The van der Waals surface area contributed by atoms with Crippen LogP contribution in [0.1, 0.15) is 83.5 Å². The second kappa shape index (κ2) is 8.91. The second-order valence-electron chi connectivity index (χ2n) is 8.34. The molecule has 0 atom stereocenters. The van der Waals surface area contributed by atoms with Crippen LogP contribution >= 0.6 is 0 Å². The zero-order chi connectivity index (χ0) is 17.6. The lowest BCUT2D eigenvalue weighted by Crippen LogP contribution is -2.54. The SMILES string of the molecule is NC(=O)N(C1CCCCC1)C1CCN(C(=O)CCC2CCCC2)CC1. The molecule has 3 fully saturated rings. The molecule has 5 nitrogen and oxygen atoms in total. The van der Waals surface area contributed by atoms with Crippen LogP contribution in [0.5, 0.6) is 0 Å². The van der Waals surface area contributed by atoms with Gasteiger partial charge in [0.05, 0.1) is 0 Å². The Balaban J connectivity index is 1.46. The average Bonchev–Trinajstić information content (AvgIpc) is 3.15. The van der Waals surface area contributed by atoms with Crippen LogP contribution in [-0.2, 0) is 4.79 Å². The lowest BCUT2D eigenvalue weighted by Gasteiger charge is -2.43. The first-order valence-corrected chi connectivity index (χ1v) is 10.5. The average molecular weight is 350 g/mol. The number of likely N-dealkylation sites (tertiary alicyclic amines) is 1. The van der Waals surface area contributed by atoms with Crippen LogP contribution in [0.4, 0.5) is 4.79 Å². The quantitative estimate of drug-likeness (QED) is 0.823. The first-order chi connectivity index (χ1) is 12.1. The summed E-state index contributed by atoms with van der Waals surface area (Å²) in [4.78, 5) is 28.5. The zero-order valence-corrected chi connectivity index (χ0v) is 15.6. The van der Waals surface area contributed by atoms with Crippen molar-refractivity contribution in [2.24, 2.45) is 11.7 Å². The van der Waals surface area contributed by atoms with Crippen LogP contribution in [0.2, 0.25) is 0 Å². The van der Waals surface area contributed by atoms with Crippen LogP contribution in [-0.4, -0.2) is 46.9 Å². The Labute approximate surface area is 152 Å². The van der Waals surface area contributed by atoms with E-state index in [0.29, 0.717) is 18.4 Å². The number of hydrogen-bond acceptors (Lipinski definition) is 2. The Bertz CT molecular complexity index is 448. The van der Waals surface area contributed by atoms with Gasteiger partial charge in [-0.2, -0.15) is 0 Å². The molecule has 1 aliphatic heterocycles. The van der Waals surface area contributed by atoms with Crippen LogP contribution < -0.4 is 5.73 Å². The maximum Gasteiger partial charge on any atom is 0.315 e. The summed E-state index contributed by atoms with van der Waals surface area (Å²) in [5.74, 6) is 1.09. The monoisotopic (exact) mass is 349 g/mol. The molecule has 0 aromatic rings. The molecule has 0 unspecified atom stereocenters. The van der Waals surface area contributed by atoms with Crippen molar-refractivity contribution in [2.75, 3.05) is 13.1 Å². The molecular formula is C20H35N3O2. The lowest BCUT2D eigenvalue weighted by molar-refractivity contribution is -0.133. The smallest absolute Gasteiger partial charge is 0.315 e. The van der Waals surface area contributed by atoms with E-state index in [2.05, 4.69) is 0 Å². The maximum atomic E-state index is 12.5.